The molecular weight excluding hydrogens is 298 g/mol. The van der Waals surface area contributed by atoms with E-state index >= 15 is 0 Å². The molecule has 1 heterocycles. The molecule has 0 aromatic heterocycles. The second kappa shape index (κ2) is 8.54. The molecular formula is C16H21N3O2S. The average Bonchev–Trinajstić information content (AvgIpc) is 2.76. The number of hydrogen-bond donors (Lipinski definition) is 1. The summed E-state index contributed by atoms with van der Waals surface area (Å²) in [6.45, 7) is 4.67. The van der Waals surface area contributed by atoms with Crippen LogP contribution in [0.2, 0.25) is 0 Å². The first-order chi connectivity index (χ1) is 10.7. The van der Waals surface area contributed by atoms with E-state index in [-0.39, 0.29) is 6.03 Å². The summed E-state index contributed by atoms with van der Waals surface area (Å²) in [5.41, 5.74) is 0.605. The lowest BCUT2D eigenvalue weighted by molar-refractivity contribution is 0.193. The van der Waals surface area contributed by atoms with Gasteiger partial charge in [-0.15, -0.1) is 0 Å². The van der Waals surface area contributed by atoms with Gasteiger partial charge in [-0.1, -0.05) is 6.92 Å². The fraction of sp³-hybridized carbons (Fsp3) is 0.500. The van der Waals surface area contributed by atoms with E-state index in [0.29, 0.717) is 30.4 Å². The normalized spacial score (nSPS) is 18.2. The maximum atomic E-state index is 12.1. The number of nitrogens with one attached hydrogen (secondary N) is 1. The Morgan fingerprint density at radius 2 is 2.27 bits per heavy atom. The molecule has 1 N–H and O–H groups in total. The van der Waals surface area contributed by atoms with Crippen LogP contribution in [0.4, 0.5) is 4.79 Å². The fourth-order valence-corrected chi connectivity index (χ4v) is 3.25. The van der Waals surface area contributed by atoms with Crippen molar-refractivity contribution in [3.63, 3.8) is 0 Å². The maximum absolute atomic E-state index is 12.1. The van der Waals surface area contributed by atoms with Crippen molar-refractivity contribution < 1.29 is 9.53 Å². The number of amides is 2. The number of nitrogens with zero attached hydrogens (tertiary/aromatic N) is 2. The summed E-state index contributed by atoms with van der Waals surface area (Å²) in [5.74, 6) is 3.35. The third kappa shape index (κ3) is 5.15. The lowest BCUT2D eigenvalue weighted by Crippen LogP contribution is -2.43. The van der Waals surface area contributed by atoms with E-state index in [4.69, 9.17) is 10.00 Å². The Hall–Kier alpha value is -1.87. The minimum atomic E-state index is -0.0159. The monoisotopic (exact) mass is 319 g/mol. The van der Waals surface area contributed by atoms with E-state index in [1.165, 1.54) is 0 Å². The molecule has 1 saturated heterocycles. The molecule has 0 saturated carbocycles. The van der Waals surface area contributed by atoms with Crippen molar-refractivity contribution in [1.82, 2.24) is 10.2 Å². The van der Waals surface area contributed by atoms with E-state index in [9.17, 15) is 4.79 Å². The highest BCUT2D eigenvalue weighted by atomic mass is 32.2. The van der Waals surface area contributed by atoms with E-state index in [2.05, 4.69) is 18.3 Å². The number of carbonyl (C=O) groups is 1. The number of thioether (sulfide) groups is 1. The van der Waals surface area contributed by atoms with Gasteiger partial charge >= 0.3 is 6.03 Å². The molecule has 2 amide bonds. The zero-order valence-electron chi connectivity index (χ0n) is 12.7. The Labute approximate surface area is 135 Å². The number of hydrogen-bond acceptors (Lipinski definition) is 4. The standard InChI is InChI=1S/C16H21N3O2S/c1-13-11-19(7-9-22-12-13)16(20)18-6-8-21-15-4-2-14(10-17)3-5-15/h2-5,13H,6-9,11-12H2,1H3,(H,18,20)/t13-/m0/s1. The first-order valence-corrected chi connectivity index (χ1v) is 8.58. The van der Waals surface area contributed by atoms with Crippen molar-refractivity contribution in [2.75, 3.05) is 37.7 Å². The smallest absolute Gasteiger partial charge is 0.317 e. The van der Waals surface area contributed by atoms with Crippen LogP contribution in [-0.4, -0.2) is 48.7 Å². The second-order valence-corrected chi connectivity index (χ2v) is 6.49. The maximum Gasteiger partial charge on any atom is 0.317 e. The zero-order valence-corrected chi connectivity index (χ0v) is 13.6. The summed E-state index contributed by atoms with van der Waals surface area (Å²) >= 11 is 1.90. The molecule has 1 atom stereocenters. The van der Waals surface area contributed by atoms with Crippen molar-refractivity contribution in [2.24, 2.45) is 5.92 Å². The van der Waals surface area contributed by atoms with Crippen LogP contribution in [0.15, 0.2) is 24.3 Å². The molecule has 0 unspecified atom stereocenters. The van der Waals surface area contributed by atoms with Gasteiger partial charge in [0.15, 0.2) is 0 Å². The largest absolute Gasteiger partial charge is 0.492 e. The lowest BCUT2D eigenvalue weighted by Gasteiger charge is -2.22. The van der Waals surface area contributed by atoms with Gasteiger partial charge in [0.05, 0.1) is 18.2 Å². The summed E-state index contributed by atoms with van der Waals surface area (Å²) < 4.78 is 5.54. The SMILES string of the molecule is C[C@@H]1CSCCN(C(=O)NCCOc2ccc(C#N)cc2)C1. The molecule has 1 aromatic carbocycles. The number of urea groups is 1. The zero-order chi connectivity index (χ0) is 15.8. The lowest BCUT2D eigenvalue weighted by atomic mass is 10.2. The summed E-state index contributed by atoms with van der Waals surface area (Å²) in [6, 6.07) is 8.99. The Morgan fingerprint density at radius 3 is 3.00 bits per heavy atom. The van der Waals surface area contributed by atoms with Gasteiger partial charge in [-0.2, -0.15) is 17.0 Å². The van der Waals surface area contributed by atoms with Gasteiger partial charge in [0.2, 0.25) is 0 Å². The predicted molar refractivity (Wildman–Crippen MR) is 88.1 cm³/mol. The summed E-state index contributed by atoms with van der Waals surface area (Å²) in [4.78, 5) is 14.0. The predicted octanol–water partition coefficient (Wildman–Crippen LogP) is 2.33. The van der Waals surface area contributed by atoms with E-state index in [1.54, 1.807) is 24.3 Å². The van der Waals surface area contributed by atoms with Crippen LogP contribution in [0, 0.1) is 17.2 Å². The highest BCUT2D eigenvalue weighted by molar-refractivity contribution is 7.99. The van der Waals surface area contributed by atoms with Crippen LogP contribution in [0.1, 0.15) is 12.5 Å². The molecule has 1 aliphatic heterocycles. The average molecular weight is 319 g/mol. The molecule has 0 radical (unpaired) electrons. The molecule has 6 heteroatoms. The van der Waals surface area contributed by atoms with Crippen molar-refractivity contribution in [3.8, 4) is 11.8 Å². The van der Waals surface area contributed by atoms with Crippen LogP contribution in [0.3, 0.4) is 0 Å². The number of carbonyl (C=O) groups excluding carboxylic acids is 1. The molecule has 1 aliphatic rings. The summed E-state index contributed by atoms with van der Waals surface area (Å²) in [5, 5.41) is 11.6. The van der Waals surface area contributed by atoms with Gasteiger partial charge in [0.25, 0.3) is 0 Å². The highest BCUT2D eigenvalue weighted by Crippen LogP contribution is 2.15. The third-order valence-corrected chi connectivity index (χ3v) is 4.63. The van der Waals surface area contributed by atoms with Gasteiger partial charge < -0.3 is 15.0 Å². The van der Waals surface area contributed by atoms with Crippen molar-refractivity contribution in [3.05, 3.63) is 29.8 Å². The van der Waals surface area contributed by atoms with Crippen LogP contribution in [-0.2, 0) is 0 Å². The second-order valence-electron chi connectivity index (χ2n) is 5.34. The number of benzene rings is 1. The molecule has 0 aliphatic carbocycles. The first kappa shape index (κ1) is 16.5. The molecule has 0 bridgehead atoms. The van der Waals surface area contributed by atoms with Gasteiger partial charge in [-0.05, 0) is 35.9 Å². The van der Waals surface area contributed by atoms with Crippen LogP contribution < -0.4 is 10.1 Å². The highest BCUT2D eigenvalue weighted by Gasteiger charge is 2.19. The minimum Gasteiger partial charge on any atom is -0.492 e. The van der Waals surface area contributed by atoms with Crippen LogP contribution >= 0.6 is 11.8 Å². The number of ether oxygens (including phenoxy) is 1. The Bertz CT molecular complexity index is 527. The quantitative estimate of drug-likeness (QED) is 0.865. The van der Waals surface area contributed by atoms with Gasteiger partial charge in [-0.25, -0.2) is 4.79 Å². The molecule has 2 rings (SSSR count). The van der Waals surface area contributed by atoms with E-state index < -0.39 is 0 Å². The first-order valence-electron chi connectivity index (χ1n) is 7.42. The van der Waals surface area contributed by atoms with Gasteiger partial charge in [0, 0.05) is 18.8 Å². The van der Waals surface area contributed by atoms with Crippen LogP contribution in [0.25, 0.3) is 0 Å². The Morgan fingerprint density at radius 1 is 1.50 bits per heavy atom. The minimum absolute atomic E-state index is 0.0159. The Kier molecular flexibility index (Phi) is 6.41. The third-order valence-electron chi connectivity index (χ3n) is 3.36. The molecule has 1 fully saturated rings. The van der Waals surface area contributed by atoms with Crippen molar-refractivity contribution >= 4 is 17.8 Å². The number of rotatable bonds is 4. The Balaban J connectivity index is 1.69. The van der Waals surface area contributed by atoms with Gasteiger partial charge in [-0.3, -0.25) is 0 Å². The molecule has 0 spiro atoms. The van der Waals surface area contributed by atoms with Crippen molar-refractivity contribution in [2.45, 2.75) is 6.92 Å². The number of nitriles is 1. The molecule has 22 heavy (non-hydrogen) atoms. The molecule has 118 valence electrons. The van der Waals surface area contributed by atoms with Crippen LogP contribution in [0.5, 0.6) is 5.75 Å². The van der Waals surface area contributed by atoms with Crippen molar-refractivity contribution in [1.29, 1.82) is 5.26 Å². The van der Waals surface area contributed by atoms with Gasteiger partial charge in [0.1, 0.15) is 12.4 Å². The topological polar surface area (TPSA) is 65.4 Å². The summed E-state index contributed by atoms with van der Waals surface area (Å²) in [7, 11) is 0. The molecule has 1 aromatic rings. The van der Waals surface area contributed by atoms with E-state index in [1.807, 2.05) is 16.7 Å². The fourth-order valence-electron chi connectivity index (χ4n) is 2.23. The van der Waals surface area contributed by atoms with E-state index in [0.717, 1.165) is 24.6 Å². The summed E-state index contributed by atoms with van der Waals surface area (Å²) in [6.07, 6.45) is 0. The molecule has 5 nitrogen and oxygen atoms in total.